The molecule has 1 heterocycles. The maximum Gasteiger partial charge on any atom is 0.263 e. The van der Waals surface area contributed by atoms with Gasteiger partial charge in [-0.05, 0) is 42.0 Å². The zero-order chi connectivity index (χ0) is 20.1. The van der Waals surface area contributed by atoms with Gasteiger partial charge in [0.15, 0.2) is 0 Å². The van der Waals surface area contributed by atoms with E-state index in [0.717, 1.165) is 5.56 Å². The van der Waals surface area contributed by atoms with Gasteiger partial charge >= 0.3 is 0 Å². The van der Waals surface area contributed by atoms with Crippen molar-refractivity contribution in [3.63, 3.8) is 0 Å². The van der Waals surface area contributed by atoms with Gasteiger partial charge in [0.1, 0.15) is 5.56 Å². The molecule has 2 aromatic carbocycles. The maximum absolute atomic E-state index is 12.7. The predicted octanol–water partition coefficient (Wildman–Crippen LogP) is 3.76. The highest BCUT2D eigenvalue weighted by molar-refractivity contribution is 6.31. The SMILES string of the molecule is CC(=O)Nc1cccc(NC(=O)c2cccn(Cc3ccccc3Cl)c2=O)c1. The van der Waals surface area contributed by atoms with Crippen molar-refractivity contribution in [2.24, 2.45) is 0 Å². The molecule has 0 saturated carbocycles. The van der Waals surface area contributed by atoms with Crippen molar-refractivity contribution in [1.29, 1.82) is 0 Å². The number of nitrogens with one attached hydrogen (secondary N) is 2. The van der Waals surface area contributed by atoms with Crippen molar-refractivity contribution in [2.45, 2.75) is 13.5 Å². The minimum absolute atomic E-state index is 0.0134. The standard InChI is InChI=1S/C21H18ClN3O3/c1-14(26)23-16-7-4-8-17(12-16)24-20(27)18-9-5-11-25(21(18)28)13-15-6-2-3-10-19(15)22/h2-12H,13H2,1H3,(H,23,26)(H,24,27). The van der Waals surface area contributed by atoms with E-state index in [9.17, 15) is 14.4 Å². The number of hydrogen-bond acceptors (Lipinski definition) is 3. The second-order valence-electron chi connectivity index (χ2n) is 6.16. The second kappa shape index (κ2) is 8.54. The first-order valence-electron chi connectivity index (χ1n) is 8.56. The fourth-order valence-electron chi connectivity index (χ4n) is 2.72. The largest absolute Gasteiger partial charge is 0.326 e. The summed E-state index contributed by atoms with van der Waals surface area (Å²) in [5.41, 5.74) is 1.40. The number of amides is 2. The fourth-order valence-corrected chi connectivity index (χ4v) is 2.92. The smallest absolute Gasteiger partial charge is 0.263 e. The minimum Gasteiger partial charge on any atom is -0.326 e. The Kier molecular flexibility index (Phi) is 5.91. The Morgan fingerprint density at radius 2 is 1.68 bits per heavy atom. The quantitative estimate of drug-likeness (QED) is 0.690. The third-order valence-corrected chi connectivity index (χ3v) is 4.37. The maximum atomic E-state index is 12.7. The molecule has 28 heavy (non-hydrogen) atoms. The first-order valence-corrected chi connectivity index (χ1v) is 8.93. The number of nitrogens with zero attached hydrogens (tertiary/aromatic N) is 1. The van der Waals surface area contributed by atoms with Crippen LogP contribution in [0, 0.1) is 0 Å². The van der Waals surface area contributed by atoms with Crippen molar-refractivity contribution in [2.75, 3.05) is 10.6 Å². The lowest BCUT2D eigenvalue weighted by Gasteiger charge is -2.10. The van der Waals surface area contributed by atoms with Gasteiger partial charge in [0.2, 0.25) is 5.91 Å². The molecule has 0 atom stereocenters. The summed E-state index contributed by atoms with van der Waals surface area (Å²) in [4.78, 5) is 36.5. The molecule has 0 radical (unpaired) electrons. The lowest BCUT2D eigenvalue weighted by Crippen LogP contribution is -2.29. The van der Waals surface area contributed by atoms with E-state index in [0.29, 0.717) is 16.4 Å². The molecule has 2 N–H and O–H groups in total. The Labute approximate surface area is 166 Å². The lowest BCUT2D eigenvalue weighted by molar-refractivity contribution is -0.114. The van der Waals surface area contributed by atoms with Crippen molar-refractivity contribution < 1.29 is 9.59 Å². The van der Waals surface area contributed by atoms with Crippen LogP contribution in [0.4, 0.5) is 11.4 Å². The molecule has 0 spiro atoms. The number of carbonyl (C=O) groups excluding carboxylic acids is 2. The van der Waals surface area contributed by atoms with Crippen LogP contribution >= 0.6 is 11.6 Å². The van der Waals surface area contributed by atoms with E-state index in [1.807, 2.05) is 18.2 Å². The predicted molar refractivity (Wildman–Crippen MR) is 110 cm³/mol. The van der Waals surface area contributed by atoms with Gasteiger partial charge in [-0.25, -0.2) is 0 Å². The Balaban J connectivity index is 1.82. The average molecular weight is 396 g/mol. The van der Waals surface area contributed by atoms with Crippen molar-refractivity contribution in [1.82, 2.24) is 4.57 Å². The lowest BCUT2D eigenvalue weighted by atomic mass is 10.2. The van der Waals surface area contributed by atoms with E-state index >= 15 is 0 Å². The van der Waals surface area contributed by atoms with Crippen molar-refractivity contribution in [3.8, 4) is 0 Å². The molecule has 0 fully saturated rings. The van der Waals surface area contributed by atoms with Gasteiger partial charge < -0.3 is 15.2 Å². The first-order chi connectivity index (χ1) is 13.4. The molecule has 2 amide bonds. The molecule has 6 nitrogen and oxygen atoms in total. The van der Waals surface area contributed by atoms with E-state index in [4.69, 9.17) is 11.6 Å². The zero-order valence-electron chi connectivity index (χ0n) is 15.1. The molecular formula is C21H18ClN3O3. The van der Waals surface area contributed by atoms with Crippen LogP contribution in [0.2, 0.25) is 5.02 Å². The number of carbonyl (C=O) groups is 2. The van der Waals surface area contributed by atoms with Gasteiger partial charge in [-0.1, -0.05) is 35.9 Å². The molecule has 0 unspecified atom stereocenters. The van der Waals surface area contributed by atoms with Crippen LogP contribution in [0.3, 0.4) is 0 Å². The number of rotatable bonds is 5. The summed E-state index contributed by atoms with van der Waals surface area (Å²) >= 11 is 6.16. The molecule has 0 aliphatic carbocycles. The van der Waals surface area contributed by atoms with Gasteiger partial charge in [0.05, 0.1) is 6.54 Å². The van der Waals surface area contributed by atoms with Crippen LogP contribution in [0.5, 0.6) is 0 Å². The van der Waals surface area contributed by atoms with Gasteiger partial charge in [-0.3, -0.25) is 14.4 Å². The fraction of sp³-hybridized carbons (Fsp3) is 0.0952. The summed E-state index contributed by atoms with van der Waals surface area (Å²) in [7, 11) is 0. The zero-order valence-corrected chi connectivity index (χ0v) is 15.9. The number of hydrogen-bond donors (Lipinski definition) is 2. The number of anilines is 2. The van der Waals surface area contributed by atoms with Crippen LogP contribution < -0.4 is 16.2 Å². The Hall–Kier alpha value is -3.38. The van der Waals surface area contributed by atoms with Crippen LogP contribution in [-0.4, -0.2) is 16.4 Å². The summed E-state index contributed by atoms with van der Waals surface area (Å²) in [5.74, 6) is -0.743. The summed E-state index contributed by atoms with van der Waals surface area (Å²) in [6, 6.07) is 17.0. The molecule has 3 aromatic rings. The second-order valence-corrected chi connectivity index (χ2v) is 6.57. The van der Waals surface area contributed by atoms with E-state index in [2.05, 4.69) is 10.6 Å². The monoisotopic (exact) mass is 395 g/mol. The normalized spacial score (nSPS) is 10.4. The molecule has 142 valence electrons. The molecule has 0 saturated heterocycles. The van der Waals surface area contributed by atoms with Gasteiger partial charge in [0, 0.05) is 29.5 Å². The Bertz CT molecular complexity index is 1090. The molecule has 0 bridgehead atoms. The van der Waals surface area contributed by atoms with Gasteiger partial charge in [0.25, 0.3) is 11.5 Å². The number of pyridine rings is 1. The number of halogens is 1. The summed E-state index contributed by atoms with van der Waals surface area (Å²) in [5, 5.41) is 5.88. The number of aromatic nitrogens is 1. The third kappa shape index (κ3) is 4.66. The van der Waals surface area contributed by atoms with Gasteiger partial charge in [-0.15, -0.1) is 0 Å². The van der Waals surface area contributed by atoms with E-state index in [1.165, 1.54) is 17.6 Å². The van der Waals surface area contributed by atoms with Crippen molar-refractivity contribution in [3.05, 3.63) is 93.4 Å². The highest BCUT2D eigenvalue weighted by Gasteiger charge is 2.13. The Morgan fingerprint density at radius 1 is 0.964 bits per heavy atom. The van der Waals surface area contributed by atoms with E-state index < -0.39 is 11.5 Å². The molecule has 3 rings (SSSR count). The first kappa shape index (κ1) is 19.4. The topological polar surface area (TPSA) is 80.2 Å². The highest BCUT2D eigenvalue weighted by Crippen LogP contribution is 2.17. The third-order valence-electron chi connectivity index (χ3n) is 4.00. The molecule has 0 aliphatic heterocycles. The van der Waals surface area contributed by atoms with Crippen LogP contribution in [0.15, 0.2) is 71.7 Å². The minimum atomic E-state index is -0.529. The summed E-state index contributed by atoms with van der Waals surface area (Å²) < 4.78 is 1.43. The van der Waals surface area contributed by atoms with E-state index in [-0.39, 0.29) is 18.0 Å². The van der Waals surface area contributed by atoms with Crippen molar-refractivity contribution >= 4 is 34.8 Å². The van der Waals surface area contributed by atoms with Crippen LogP contribution in [0.25, 0.3) is 0 Å². The molecular weight excluding hydrogens is 378 g/mol. The summed E-state index contributed by atoms with van der Waals surface area (Å²) in [6.07, 6.45) is 1.61. The molecule has 1 aromatic heterocycles. The van der Waals surface area contributed by atoms with Crippen LogP contribution in [0.1, 0.15) is 22.8 Å². The summed E-state index contributed by atoms with van der Waals surface area (Å²) in [6.45, 7) is 1.66. The average Bonchev–Trinajstić information content (AvgIpc) is 2.65. The number of benzene rings is 2. The van der Waals surface area contributed by atoms with E-state index in [1.54, 1.807) is 42.6 Å². The highest BCUT2D eigenvalue weighted by atomic mass is 35.5. The molecule has 0 aliphatic rings. The van der Waals surface area contributed by atoms with Crippen LogP contribution in [-0.2, 0) is 11.3 Å². The Morgan fingerprint density at radius 3 is 2.39 bits per heavy atom. The molecule has 7 heteroatoms. The van der Waals surface area contributed by atoms with Gasteiger partial charge in [-0.2, -0.15) is 0 Å².